The number of anilines is 1. The van der Waals surface area contributed by atoms with E-state index in [1.807, 2.05) is 7.05 Å². The van der Waals surface area contributed by atoms with Crippen molar-refractivity contribution < 1.29 is 0 Å². The molecule has 2 rings (SSSR count). The van der Waals surface area contributed by atoms with Crippen molar-refractivity contribution in [2.75, 3.05) is 45.7 Å². The first-order valence-electron chi connectivity index (χ1n) is 7.43. The standard InChI is InChI=1S/C16H26BrN3/c1-18-11-14-4-5-16(15(17)10-14)20(3)12-13-6-8-19(2)9-7-13/h4-5,10,13,18H,6-9,11-12H2,1-3H3. The second-order valence-corrected chi connectivity index (χ2v) is 6.80. The number of halogens is 1. The van der Waals surface area contributed by atoms with Crippen LogP contribution in [0.15, 0.2) is 22.7 Å². The van der Waals surface area contributed by atoms with Crippen molar-refractivity contribution in [3.8, 4) is 0 Å². The monoisotopic (exact) mass is 339 g/mol. The summed E-state index contributed by atoms with van der Waals surface area (Å²) >= 11 is 3.71. The summed E-state index contributed by atoms with van der Waals surface area (Å²) in [6.45, 7) is 4.54. The van der Waals surface area contributed by atoms with Gasteiger partial charge in [-0.05, 0) is 79.6 Å². The van der Waals surface area contributed by atoms with Gasteiger partial charge in [-0.3, -0.25) is 0 Å². The third-order valence-corrected chi connectivity index (χ3v) is 4.81. The van der Waals surface area contributed by atoms with E-state index in [1.54, 1.807) is 0 Å². The second-order valence-electron chi connectivity index (χ2n) is 5.94. The Hall–Kier alpha value is -0.580. The Morgan fingerprint density at radius 1 is 1.35 bits per heavy atom. The summed E-state index contributed by atoms with van der Waals surface area (Å²) < 4.78 is 1.20. The van der Waals surface area contributed by atoms with E-state index in [-0.39, 0.29) is 0 Å². The lowest BCUT2D eigenvalue weighted by Gasteiger charge is -2.32. The van der Waals surface area contributed by atoms with Crippen molar-refractivity contribution in [2.24, 2.45) is 5.92 Å². The molecule has 0 aliphatic carbocycles. The average Bonchev–Trinajstić information content (AvgIpc) is 2.42. The lowest BCUT2D eigenvalue weighted by molar-refractivity contribution is 0.222. The quantitative estimate of drug-likeness (QED) is 0.889. The molecule has 20 heavy (non-hydrogen) atoms. The lowest BCUT2D eigenvalue weighted by Crippen LogP contribution is -2.35. The summed E-state index contributed by atoms with van der Waals surface area (Å²) in [6, 6.07) is 6.66. The van der Waals surface area contributed by atoms with Gasteiger partial charge in [0.1, 0.15) is 0 Å². The molecular formula is C16H26BrN3. The van der Waals surface area contributed by atoms with Gasteiger partial charge in [-0.1, -0.05) is 6.07 Å². The topological polar surface area (TPSA) is 18.5 Å². The Labute approximate surface area is 131 Å². The molecule has 1 heterocycles. The van der Waals surface area contributed by atoms with Crippen LogP contribution >= 0.6 is 15.9 Å². The first kappa shape index (κ1) is 15.8. The van der Waals surface area contributed by atoms with Crippen LogP contribution < -0.4 is 10.2 Å². The smallest absolute Gasteiger partial charge is 0.0508 e. The number of hydrogen-bond donors (Lipinski definition) is 1. The van der Waals surface area contributed by atoms with E-state index in [4.69, 9.17) is 0 Å². The molecule has 1 aromatic carbocycles. The largest absolute Gasteiger partial charge is 0.373 e. The van der Waals surface area contributed by atoms with Crippen LogP contribution in [0.2, 0.25) is 0 Å². The van der Waals surface area contributed by atoms with Crippen LogP contribution in [-0.2, 0) is 6.54 Å². The van der Waals surface area contributed by atoms with Crippen molar-refractivity contribution in [1.82, 2.24) is 10.2 Å². The van der Waals surface area contributed by atoms with E-state index in [2.05, 4.69) is 63.3 Å². The predicted molar refractivity (Wildman–Crippen MR) is 90.4 cm³/mol. The Balaban J connectivity index is 1.96. The SMILES string of the molecule is CNCc1ccc(N(C)CC2CCN(C)CC2)c(Br)c1. The maximum atomic E-state index is 3.71. The summed E-state index contributed by atoms with van der Waals surface area (Å²) in [5.41, 5.74) is 2.61. The zero-order chi connectivity index (χ0) is 14.5. The van der Waals surface area contributed by atoms with Gasteiger partial charge in [-0.25, -0.2) is 0 Å². The van der Waals surface area contributed by atoms with Gasteiger partial charge in [0.25, 0.3) is 0 Å². The summed E-state index contributed by atoms with van der Waals surface area (Å²) in [5.74, 6) is 0.820. The van der Waals surface area contributed by atoms with Crippen molar-refractivity contribution in [1.29, 1.82) is 0 Å². The number of benzene rings is 1. The van der Waals surface area contributed by atoms with E-state index in [0.29, 0.717) is 0 Å². The van der Waals surface area contributed by atoms with Gasteiger partial charge in [0.2, 0.25) is 0 Å². The number of rotatable bonds is 5. The zero-order valence-electron chi connectivity index (χ0n) is 12.8. The minimum atomic E-state index is 0.820. The van der Waals surface area contributed by atoms with E-state index in [1.165, 1.54) is 41.7 Å². The molecule has 0 bridgehead atoms. The molecule has 0 unspecified atom stereocenters. The number of nitrogens with one attached hydrogen (secondary N) is 1. The first-order valence-corrected chi connectivity index (χ1v) is 8.22. The second kappa shape index (κ2) is 7.43. The molecule has 1 N–H and O–H groups in total. The Morgan fingerprint density at radius 2 is 2.05 bits per heavy atom. The van der Waals surface area contributed by atoms with Crippen LogP contribution in [0, 0.1) is 5.92 Å². The third kappa shape index (κ3) is 4.21. The third-order valence-electron chi connectivity index (χ3n) is 4.17. The van der Waals surface area contributed by atoms with Gasteiger partial charge in [0, 0.05) is 24.6 Å². The average molecular weight is 340 g/mol. The molecule has 112 valence electrons. The highest BCUT2D eigenvalue weighted by molar-refractivity contribution is 9.10. The van der Waals surface area contributed by atoms with Crippen LogP contribution in [0.3, 0.4) is 0 Å². The molecule has 0 atom stereocenters. The zero-order valence-corrected chi connectivity index (χ0v) is 14.4. The van der Waals surface area contributed by atoms with Gasteiger partial charge in [-0.2, -0.15) is 0 Å². The van der Waals surface area contributed by atoms with Crippen molar-refractivity contribution >= 4 is 21.6 Å². The first-order chi connectivity index (χ1) is 9.60. The summed E-state index contributed by atoms with van der Waals surface area (Å²) in [4.78, 5) is 4.82. The van der Waals surface area contributed by atoms with Crippen LogP contribution in [0.5, 0.6) is 0 Å². The van der Waals surface area contributed by atoms with E-state index in [9.17, 15) is 0 Å². The minimum absolute atomic E-state index is 0.820. The van der Waals surface area contributed by atoms with Gasteiger partial charge < -0.3 is 15.1 Å². The van der Waals surface area contributed by atoms with Gasteiger partial charge in [0.05, 0.1) is 5.69 Å². The molecule has 1 fully saturated rings. The lowest BCUT2D eigenvalue weighted by atomic mass is 9.96. The Bertz CT molecular complexity index is 428. The van der Waals surface area contributed by atoms with Crippen LogP contribution in [0.25, 0.3) is 0 Å². The molecule has 0 radical (unpaired) electrons. The van der Waals surface area contributed by atoms with E-state index in [0.717, 1.165) is 19.0 Å². The Kier molecular flexibility index (Phi) is 5.87. The summed E-state index contributed by atoms with van der Waals surface area (Å²) in [7, 11) is 6.40. The molecule has 0 saturated carbocycles. The van der Waals surface area contributed by atoms with Crippen LogP contribution in [0.4, 0.5) is 5.69 Å². The number of likely N-dealkylation sites (tertiary alicyclic amines) is 1. The molecule has 3 nitrogen and oxygen atoms in total. The van der Waals surface area contributed by atoms with E-state index < -0.39 is 0 Å². The molecule has 4 heteroatoms. The van der Waals surface area contributed by atoms with Crippen molar-refractivity contribution in [2.45, 2.75) is 19.4 Å². The fourth-order valence-corrected chi connectivity index (χ4v) is 3.63. The molecule has 0 spiro atoms. The van der Waals surface area contributed by atoms with Gasteiger partial charge >= 0.3 is 0 Å². The molecule has 1 aromatic rings. The highest BCUT2D eigenvalue weighted by Gasteiger charge is 2.19. The summed E-state index contributed by atoms with van der Waals surface area (Å²) in [6.07, 6.45) is 2.63. The number of hydrogen-bond acceptors (Lipinski definition) is 3. The van der Waals surface area contributed by atoms with Crippen LogP contribution in [-0.4, -0.2) is 45.7 Å². The van der Waals surface area contributed by atoms with Crippen molar-refractivity contribution in [3.05, 3.63) is 28.2 Å². The fourth-order valence-electron chi connectivity index (χ4n) is 2.90. The van der Waals surface area contributed by atoms with Crippen molar-refractivity contribution in [3.63, 3.8) is 0 Å². The normalized spacial score (nSPS) is 17.4. The molecular weight excluding hydrogens is 314 g/mol. The highest BCUT2D eigenvalue weighted by atomic mass is 79.9. The fraction of sp³-hybridized carbons (Fsp3) is 0.625. The summed E-state index contributed by atoms with van der Waals surface area (Å²) in [5, 5.41) is 3.19. The maximum Gasteiger partial charge on any atom is 0.0508 e. The van der Waals surface area contributed by atoms with Gasteiger partial charge in [-0.15, -0.1) is 0 Å². The number of nitrogens with zero attached hydrogens (tertiary/aromatic N) is 2. The number of piperidine rings is 1. The van der Waals surface area contributed by atoms with Crippen LogP contribution in [0.1, 0.15) is 18.4 Å². The Morgan fingerprint density at radius 3 is 2.65 bits per heavy atom. The predicted octanol–water partition coefficient (Wildman–Crippen LogP) is 2.95. The molecule has 0 amide bonds. The highest BCUT2D eigenvalue weighted by Crippen LogP contribution is 2.28. The minimum Gasteiger partial charge on any atom is -0.373 e. The van der Waals surface area contributed by atoms with E-state index >= 15 is 0 Å². The molecule has 1 aliphatic rings. The molecule has 1 saturated heterocycles. The van der Waals surface area contributed by atoms with Gasteiger partial charge in [0.15, 0.2) is 0 Å². The molecule has 0 aromatic heterocycles. The maximum absolute atomic E-state index is 3.71. The molecule has 1 aliphatic heterocycles.